The molecule has 1 saturated heterocycles. The highest BCUT2D eigenvalue weighted by atomic mass is 79.9. The first-order valence-corrected chi connectivity index (χ1v) is 7.53. The molecule has 1 aliphatic rings. The van der Waals surface area contributed by atoms with E-state index in [-0.39, 0.29) is 4.69 Å². The number of hydrogen-bond acceptors (Lipinski definition) is 3. The summed E-state index contributed by atoms with van der Waals surface area (Å²) in [4.78, 5) is 13.2. The Labute approximate surface area is 113 Å². The SMILES string of the molecule is O=C(Br)CCCCCN1CCC(CCO)CC1. The number of likely N-dealkylation sites (tertiary alicyclic amines) is 1. The number of nitrogens with zero attached hydrogens (tertiary/aromatic N) is 1. The summed E-state index contributed by atoms with van der Waals surface area (Å²) in [7, 11) is 0. The molecule has 3 nitrogen and oxygen atoms in total. The highest BCUT2D eigenvalue weighted by Gasteiger charge is 2.17. The van der Waals surface area contributed by atoms with E-state index < -0.39 is 0 Å². The van der Waals surface area contributed by atoms with E-state index in [0.717, 1.165) is 25.2 Å². The summed E-state index contributed by atoms with van der Waals surface area (Å²) in [5.41, 5.74) is 0. The first-order valence-electron chi connectivity index (χ1n) is 6.74. The van der Waals surface area contributed by atoms with Crippen molar-refractivity contribution in [3.05, 3.63) is 0 Å². The van der Waals surface area contributed by atoms with E-state index in [1.165, 1.54) is 38.9 Å². The highest BCUT2D eigenvalue weighted by Crippen LogP contribution is 2.20. The molecule has 1 fully saturated rings. The Morgan fingerprint density at radius 3 is 2.53 bits per heavy atom. The average molecular weight is 306 g/mol. The maximum Gasteiger partial charge on any atom is 0.197 e. The fraction of sp³-hybridized carbons (Fsp3) is 0.923. The molecule has 17 heavy (non-hydrogen) atoms. The molecule has 100 valence electrons. The molecule has 1 N–H and O–H groups in total. The fourth-order valence-electron chi connectivity index (χ4n) is 2.46. The third-order valence-corrected chi connectivity index (χ3v) is 3.99. The van der Waals surface area contributed by atoms with Gasteiger partial charge in [-0.25, -0.2) is 0 Å². The van der Waals surface area contributed by atoms with Crippen molar-refractivity contribution < 1.29 is 9.90 Å². The molecule has 0 unspecified atom stereocenters. The molecule has 4 heteroatoms. The zero-order valence-electron chi connectivity index (χ0n) is 10.5. The first-order chi connectivity index (χ1) is 8.22. The van der Waals surface area contributed by atoms with E-state index in [0.29, 0.717) is 13.0 Å². The number of rotatable bonds is 8. The molecular formula is C13H24BrNO2. The standard InChI is InChI=1S/C13H24BrNO2/c14-13(17)4-2-1-3-8-15-9-5-12(6-10-15)7-11-16/h12,16H,1-11H2. The fourth-order valence-corrected chi connectivity index (χ4v) is 2.74. The minimum absolute atomic E-state index is 0.127. The van der Waals surface area contributed by atoms with Gasteiger partial charge in [0, 0.05) is 13.0 Å². The van der Waals surface area contributed by atoms with Crippen LogP contribution in [0.5, 0.6) is 0 Å². The molecule has 0 saturated carbocycles. The van der Waals surface area contributed by atoms with Crippen LogP contribution in [0.15, 0.2) is 0 Å². The van der Waals surface area contributed by atoms with Crippen LogP contribution in [0.4, 0.5) is 0 Å². The van der Waals surface area contributed by atoms with Gasteiger partial charge in [0.15, 0.2) is 4.69 Å². The molecule has 0 radical (unpaired) electrons. The van der Waals surface area contributed by atoms with Gasteiger partial charge in [0.25, 0.3) is 0 Å². The van der Waals surface area contributed by atoms with Crippen molar-refractivity contribution in [2.24, 2.45) is 5.92 Å². The smallest absolute Gasteiger partial charge is 0.197 e. The van der Waals surface area contributed by atoms with E-state index in [2.05, 4.69) is 20.8 Å². The number of halogens is 1. The van der Waals surface area contributed by atoms with Crippen molar-refractivity contribution in [1.29, 1.82) is 0 Å². The zero-order chi connectivity index (χ0) is 12.5. The zero-order valence-corrected chi connectivity index (χ0v) is 12.1. The van der Waals surface area contributed by atoms with Gasteiger partial charge < -0.3 is 10.0 Å². The second-order valence-corrected chi connectivity index (χ2v) is 5.85. The van der Waals surface area contributed by atoms with Gasteiger partial charge >= 0.3 is 0 Å². The molecule has 0 atom stereocenters. The predicted molar refractivity (Wildman–Crippen MR) is 73.3 cm³/mol. The lowest BCUT2D eigenvalue weighted by Crippen LogP contribution is -2.34. The van der Waals surface area contributed by atoms with Crippen molar-refractivity contribution in [1.82, 2.24) is 4.90 Å². The van der Waals surface area contributed by atoms with E-state index in [9.17, 15) is 4.79 Å². The summed E-state index contributed by atoms with van der Waals surface area (Å²) in [6, 6.07) is 0. The monoisotopic (exact) mass is 305 g/mol. The van der Waals surface area contributed by atoms with Crippen LogP contribution < -0.4 is 0 Å². The molecule has 0 amide bonds. The minimum Gasteiger partial charge on any atom is -0.396 e. The molecule has 1 aliphatic heterocycles. The highest BCUT2D eigenvalue weighted by molar-refractivity contribution is 9.18. The van der Waals surface area contributed by atoms with E-state index in [1.807, 2.05) is 0 Å². The third-order valence-electron chi connectivity index (χ3n) is 3.59. The normalized spacial score (nSPS) is 18.5. The predicted octanol–water partition coefficient (Wildman–Crippen LogP) is 2.56. The van der Waals surface area contributed by atoms with Crippen LogP contribution in [-0.4, -0.2) is 40.9 Å². The topological polar surface area (TPSA) is 40.5 Å². The second-order valence-electron chi connectivity index (χ2n) is 4.96. The molecule has 0 aliphatic carbocycles. The Bertz CT molecular complexity index is 215. The van der Waals surface area contributed by atoms with Gasteiger partial charge in [0.05, 0.1) is 0 Å². The van der Waals surface area contributed by atoms with Crippen LogP contribution in [0, 0.1) is 5.92 Å². The van der Waals surface area contributed by atoms with Crippen LogP contribution in [-0.2, 0) is 4.79 Å². The van der Waals surface area contributed by atoms with Crippen LogP contribution >= 0.6 is 15.9 Å². The van der Waals surface area contributed by atoms with E-state index in [1.54, 1.807) is 0 Å². The van der Waals surface area contributed by atoms with E-state index >= 15 is 0 Å². The molecule has 0 aromatic carbocycles. The Morgan fingerprint density at radius 1 is 1.24 bits per heavy atom. The molecule has 0 spiro atoms. The minimum atomic E-state index is 0.127. The number of aliphatic hydroxyl groups is 1. The Balaban J connectivity index is 1.97. The number of unbranched alkanes of at least 4 members (excludes halogenated alkanes) is 2. The van der Waals surface area contributed by atoms with Gasteiger partial charge in [-0.15, -0.1) is 0 Å². The van der Waals surface area contributed by atoms with Gasteiger partial charge in [0.1, 0.15) is 0 Å². The van der Waals surface area contributed by atoms with Crippen LogP contribution in [0.25, 0.3) is 0 Å². The maximum absolute atomic E-state index is 10.7. The molecule has 0 aromatic rings. The Hall–Kier alpha value is 0.0700. The number of piperidine rings is 1. The third kappa shape index (κ3) is 7.17. The van der Waals surface area contributed by atoms with Gasteiger partial charge in [-0.1, -0.05) is 6.42 Å². The number of aliphatic hydroxyl groups excluding tert-OH is 1. The quantitative estimate of drug-likeness (QED) is 0.553. The van der Waals surface area contributed by atoms with Crippen molar-refractivity contribution in [3.63, 3.8) is 0 Å². The van der Waals surface area contributed by atoms with Crippen molar-refractivity contribution in [2.45, 2.75) is 44.9 Å². The molecule has 1 heterocycles. The average Bonchev–Trinajstić information content (AvgIpc) is 2.31. The van der Waals surface area contributed by atoms with Gasteiger partial charge in [-0.2, -0.15) is 0 Å². The summed E-state index contributed by atoms with van der Waals surface area (Å²) in [5.74, 6) is 0.738. The van der Waals surface area contributed by atoms with Crippen molar-refractivity contribution in [2.75, 3.05) is 26.2 Å². The Kier molecular flexibility index (Phi) is 8.06. The largest absolute Gasteiger partial charge is 0.396 e. The van der Waals surface area contributed by atoms with Crippen LogP contribution in [0.2, 0.25) is 0 Å². The molecular weight excluding hydrogens is 282 g/mol. The lowest BCUT2D eigenvalue weighted by Gasteiger charge is -2.31. The summed E-state index contributed by atoms with van der Waals surface area (Å²) in [5, 5.41) is 8.88. The Morgan fingerprint density at radius 2 is 1.94 bits per heavy atom. The lowest BCUT2D eigenvalue weighted by atomic mass is 9.94. The summed E-state index contributed by atoms with van der Waals surface area (Å²) in [6.45, 7) is 3.87. The molecule has 0 bridgehead atoms. The van der Waals surface area contributed by atoms with E-state index in [4.69, 9.17) is 5.11 Å². The number of hydrogen-bond donors (Lipinski definition) is 1. The first kappa shape index (κ1) is 15.1. The van der Waals surface area contributed by atoms with Crippen LogP contribution in [0.1, 0.15) is 44.9 Å². The van der Waals surface area contributed by atoms with Gasteiger partial charge in [-0.05, 0) is 73.6 Å². The van der Waals surface area contributed by atoms with Crippen molar-refractivity contribution >= 4 is 20.6 Å². The maximum atomic E-state index is 10.7. The molecule has 0 aromatic heterocycles. The molecule has 1 rings (SSSR count). The summed E-state index contributed by atoms with van der Waals surface area (Å²) >= 11 is 2.95. The van der Waals surface area contributed by atoms with Gasteiger partial charge in [0.2, 0.25) is 0 Å². The number of carbonyl (C=O) groups is 1. The second kappa shape index (κ2) is 9.06. The summed E-state index contributed by atoms with van der Waals surface area (Å²) < 4.78 is 0.127. The summed E-state index contributed by atoms with van der Waals surface area (Å²) in [6.07, 6.45) is 7.46. The van der Waals surface area contributed by atoms with Gasteiger partial charge in [-0.3, -0.25) is 4.79 Å². The lowest BCUT2D eigenvalue weighted by molar-refractivity contribution is -0.110. The van der Waals surface area contributed by atoms with Crippen LogP contribution in [0.3, 0.4) is 0 Å². The van der Waals surface area contributed by atoms with Crippen molar-refractivity contribution in [3.8, 4) is 0 Å². The number of carbonyl (C=O) groups excluding carboxylic acids is 1.